The average molecular weight is 336 g/mol. The molecule has 0 spiro atoms. The van der Waals surface area contributed by atoms with E-state index in [1.807, 2.05) is 18.2 Å². The molecule has 3 rings (SSSR count). The number of esters is 1. The van der Waals surface area contributed by atoms with Gasteiger partial charge in [0.05, 0.1) is 18.5 Å². The van der Waals surface area contributed by atoms with Crippen LogP contribution in [-0.4, -0.2) is 27.8 Å². The van der Waals surface area contributed by atoms with Crippen LogP contribution in [0.5, 0.6) is 0 Å². The molecular weight excluding hydrogens is 320 g/mol. The summed E-state index contributed by atoms with van der Waals surface area (Å²) in [5.41, 5.74) is 1.23. The van der Waals surface area contributed by atoms with Gasteiger partial charge in [0.25, 0.3) is 5.56 Å². The van der Waals surface area contributed by atoms with Crippen LogP contribution in [0.1, 0.15) is 17.3 Å². The Morgan fingerprint density at radius 3 is 2.68 bits per heavy atom. The average Bonchev–Trinajstić information content (AvgIpc) is 2.65. The first-order valence-corrected chi connectivity index (χ1v) is 7.73. The second kappa shape index (κ2) is 7.39. The molecule has 0 saturated carbocycles. The molecular formula is C18H16N4O3. The second-order valence-corrected chi connectivity index (χ2v) is 5.10. The van der Waals surface area contributed by atoms with Crippen LogP contribution in [0.3, 0.4) is 0 Å². The van der Waals surface area contributed by atoms with E-state index in [2.05, 4.69) is 20.5 Å². The van der Waals surface area contributed by atoms with Crippen molar-refractivity contribution >= 4 is 17.3 Å². The van der Waals surface area contributed by atoms with Gasteiger partial charge in [-0.3, -0.25) is 9.78 Å². The molecule has 2 N–H and O–H groups in total. The van der Waals surface area contributed by atoms with E-state index in [4.69, 9.17) is 4.74 Å². The number of hydrogen-bond acceptors (Lipinski definition) is 6. The van der Waals surface area contributed by atoms with Crippen molar-refractivity contribution in [2.45, 2.75) is 6.92 Å². The van der Waals surface area contributed by atoms with Gasteiger partial charge in [-0.05, 0) is 19.1 Å². The van der Waals surface area contributed by atoms with Crippen LogP contribution >= 0.6 is 0 Å². The third-order valence-electron chi connectivity index (χ3n) is 3.44. The van der Waals surface area contributed by atoms with E-state index in [9.17, 15) is 9.59 Å². The number of ether oxygens (including phenoxy) is 1. The fraction of sp³-hybridized carbons (Fsp3) is 0.111. The maximum Gasteiger partial charge on any atom is 0.342 e. The van der Waals surface area contributed by atoms with Crippen molar-refractivity contribution in [1.82, 2.24) is 15.2 Å². The van der Waals surface area contributed by atoms with E-state index in [-0.39, 0.29) is 17.9 Å². The zero-order chi connectivity index (χ0) is 17.6. The molecule has 2 aromatic heterocycles. The van der Waals surface area contributed by atoms with E-state index in [1.165, 1.54) is 0 Å². The molecule has 126 valence electrons. The van der Waals surface area contributed by atoms with Crippen LogP contribution < -0.4 is 10.9 Å². The number of carbonyl (C=O) groups excluding carboxylic acids is 1. The number of pyridine rings is 1. The van der Waals surface area contributed by atoms with Gasteiger partial charge < -0.3 is 10.1 Å². The van der Waals surface area contributed by atoms with Crippen LogP contribution in [0.2, 0.25) is 0 Å². The van der Waals surface area contributed by atoms with Crippen molar-refractivity contribution in [1.29, 1.82) is 0 Å². The minimum Gasteiger partial charge on any atom is -0.462 e. The zero-order valence-electron chi connectivity index (χ0n) is 13.5. The molecule has 0 aliphatic carbocycles. The van der Waals surface area contributed by atoms with Gasteiger partial charge >= 0.3 is 5.97 Å². The van der Waals surface area contributed by atoms with Crippen molar-refractivity contribution in [2.75, 3.05) is 11.9 Å². The van der Waals surface area contributed by atoms with Crippen LogP contribution in [0, 0.1) is 0 Å². The summed E-state index contributed by atoms with van der Waals surface area (Å²) in [4.78, 5) is 28.9. The molecule has 0 aliphatic heterocycles. The number of anilines is 2. The first-order chi connectivity index (χ1) is 12.2. The molecule has 0 aliphatic rings. The Morgan fingerprint density at radius 1 is 1.20 bits per heavy atom. The lowest BCUT2D eigenvalue weighted by atomic mass is 10.1. The highest BCUT2D eigenvalue weighted by molar-refractivity contribution is 6.02. The smallest absolute Gasteiger partial charge is 0.342 e. The van der Waals surface area contributed by atoms with Gasteiger partial charge in [0, 0.05) is 11.8 Å². The molecule has 2 heterocycles. The maximum absolute atomic E-state index is 12.5. The minimum absolute atomic E-state index is 0.0697. The van der Waals surface area contributed by atoms with Crippen LogP contribution in [0.15, 0.2) is 59.7 Å². The van der Waals surface area contributed by atoms with E-state index in [1.54, 1.807) is 43.6 Å². The van der Waals surface area contributed by atoms with E-state index >= 15 is 0 Å². The maximum atomic E-state index is 12.5. The molecule has 7 heteroatoms. The predicted octanol–water partition coefficient (Wildman–Crippen LogP) is 2.75. The fourth-order valence-electron chi connectivity index (χ4n) is 2.36. The topological polar surface area (TPSA) is 97.0 Å². The lowest BCUT2D eigenvalue weighted by Gasteiger charge is -2.13. The quantitative estimate of drug-likeness (QED) is 0.695. The number of benzene rings is 1. The first kappa shape index (κ1) is 16.4. The Balaban J connectivity index is 2.18. The molecule has 1 aromatic carbocycles. The van der Waals surface area contributed by atoms with E-state index in [0.29, 0.717) is 16.9 Å². The van der Waals surface area contributed by atoms with Gasteiger partial charge in [0.15, 0.2) is 0 Å². The van der Waals surface area contributed by atoms with E-state index < -0.39 is 11.5 Å². The summed E-state index contributed by atoms with van der Waals surface area (Å²) >= 11 is 0. The largest absolute Gasteiger partial charge is 0.462 e. The van der Waals surface area contributed by atoms with Crippen molar-refractivity contribution in [3.63, 3.8) is 0 Å². The lowest BCUT2D eigenvalue weighted by molar-refractivity contribution is 0.0527. The van der Waals surface area contributed by atoms with E-state index in [0.717, 1.165) is 0 Å². The zero-order valence-corrected chi connectivity index (χ0v) is 13.5. The number of rotatable bonds is 5. The highest BCUT2D eigenvalue weighted by Crippen LogP contribution is 2.26. The number of nitrogens with zero attached hydrogens (tertiary/aromatic N) is 2. The van der Waals surface area contributed by atoms with Gasteiger partial charge in [-0.1, -0.05) is 30.3 Å². The number of hydrogen-bond donors (Lipinski definition) is 2. The number of aromatic amines is 1. The summed E-state index contributed by atoms with van der Waals surface area (Å²) in [5.74, 6) is -0.619. The molecule has 0 saturated heterocycles. The Bertz CT molecular complexity index is 924. The van der Waals surface area contributed by atoms with Crippen LogP contribution in [0.25, 0.3) is 11.3 Å². The summed E-state index contributed by atoms with van der Waals surface area (Å²) in [6.07, 6.45) is 3.17. The van der Waals surface area contributed by atoms with Gasteiger partial charge in [0.1, 0.15) is 16.9 Å². The van der Waals surface area contributed by atoms with Gasteiger partial charge in [-0.15, -0.1) is 0 Å². The Morgan fingerprint density at radius 2 is 2.00 bits per heavy atom. The summed E-state index contributed by atoms with van der Waals surface area (Å²) < 4.78 is 5.14. The molecule has 3 aromatic rings. The molecule has 0 unspecified atom stereocenters. The summed E-state index contributed by atoms with van der Waals surface area (Å²) in [6.45, 7) is 1.89. The monoisotopic (exact) mass is 336 g/mol. The molecule has 0 radical (unpaired) electrons. The van der Waals surface area contributed by atoms with Gasteiger partial charge in [0.2, 0.25) is 0 Å². The number of aromatic nitrogens is 3. The molecule has 7 nitrogen and oxygen atoms in total. The SMILES string of the molecule is CCOC(=O)c1c(-c2ccccc2)n[nH]c(=O)c1Nc1cccnc1. The number of carbonyl (C=O) groups is 1. The Labute approximate surface area is 143 Å². The summed E-state index contributed by atoms with van der Waals surface area (Å²) in [7, 11) is 0. The third-order valence-corrected chi connectivity index (χ3v) is 3.44. The van der Waals surface area contributed by atoms with Crippen LogP contribution in [-0.2, 0) is 4.74 Å². The summed E-state index contributed by atoms with van der Waals surface area (Å²) in [5, 5.41) is 9.43. The molecule has 0 fully saturated rings. The minimum atomic E-state index is -0.619. The highest BCUT2D eigenvalue weighted by Gasteiger charge is 2.23. The Hall–Kier alpha value is -3.48. The number of nitrogens with one attached hydrogen (secondary N) is 2. The first-order valence-electron chi connectivity index (χ1n) is 7.73. The van der Waals surface area contributed by atoms with Crippen molar-refractivity contribution in [2.24, 2.45) is 0 Å². The van der Waals surface area contributed by atoms with Gasteiger partial charge in [-0.2, -0.15) is 5.10 Å². The molecule has 0 atom stereocenters. The van der Waals surface area contributed by atoms with Crippen LogP contribution in [0.4, 0.5) is 11.4 Å². The number of H-pyrrole nitrogens is 1. The fourth-order valence-corrected chi connectivity index (χ4v) is 2.36. The third kappa shape index (κ3) is 3.55. The highest BCUT2D eigenvalue weighted by atomic mass is 16.5. The van der Waals surface area contributed by atoms with Crippen molar-refractivity contribution in [3.8, 4) is 11.3 Å². The molecule has 0 amide bonds. The Kier molecular flexibility index (Phi) is 4.84. The normalized spacial score (nSPS) is 10.3. The lowest BCUT2D eigenvalue weighted by Crippen LogP contribution is -2.21. The molecule has 0 bridgehead atoms. The van der Waals surface area contributed by atoms with Gasteiger partial charge in [-0.25, -0.2) is 9.89 Å². The molecule has 25 heavy (non-hydrogen) atoms. The van der Waals surface area contributed by atoms with Crippen molar-refractivity contribution < 1.29 is 9.53 Å². The van der Waals surface area contributed by atoms with Crippen molar-refractivity contribution in [3.05, 3.63) is 70.8 Å². The summed E-state index contributed by atoms with van der Waals surface area (Å²) in [6, 6.07) is 12.6. The predicted molar refractivity (Wildman–Crippen MR) is 93.8 cm³/mol. The second-order valence-electron chi connectivity index (χ2n) is 5.10. The standard InChI is InChI=1S/C18H16N4O3/c1-2-25-18(24)14-15(12-7-4-3-5-8-12)21-22-17(23)16(14)20-13-9-6-10-19-11-13/h3-11H,2H2,1H3,(H,20,21)(H,22,23).